The lowest BCUT2D eigenvalue weighted by Crippen LogP contribution is -2.17. The summed E-state index contributed by atoms with van der Waals surface area (Å²) in [4.78, 5) is 4.71. The molecule has 3 heteroatoms. The van der Waals surface area contributed by atoms with Crippen LogP contribution in [0, 0.1) is 0 Å². The van der Waals surface area contributed by atoms with Gasteiger partial charge in [-0.3, -0.25) is 0 Å². The maximum Gasteiger partial charge on any atom is 0.0986 e. The van der Waals surface area contributed by atoms with Crippen molar-refractivity contribution in [1.82, 2.24) is 10.3 Å². The summed E-state index contributed by atoms with van der Waals surface area (Å²) in [7, 11) is 0. The molecule has 1 N–H and O–H groups in total. The first-order chi connectivity index (χ1) is 6.97. The molecule has 0 spiro atoms. The van der Waals surface area contributed by atoms with Gasteiger partial charge >= 0.3 is 0 Å². The van der Waals surface area contributed by atoms with Crippen LogP contribution < -0.4 is 5.32 Å². The second-order valence-corrected chi connectivity index (χ2v) is 6.01. The van der Waals surface area contributed by atoms with Crippen LogP contribution in [0.25, 0.3) is 5.57 Å². The maximum absolute atomic E-state index is 4.71. The van der Waals surface area contributed by atoms with E-state index < -0.39 is 0 Å². The lowest BCUT2D eigenvalue weighted by Gasteiger charge is -2.13. The van der Waals surface area contributed by atoms with E-state index in [1.54, 1.807) is 11.3 Å². The van der Waals surface area contributed by atoms with Gasteiger partial charge in [-0.15, -0.1) is 11.3 Å². The highest BCUT2D eigenvalue weighted by Gasteiger charge is 2.20. The third kappa shape index (κ3) is 2.29. The van der Waals surface area contributed by atoms with E-state index in [1.165, 1.54) is 10.6 Å². The van der Waals surface area contributed by atoms with E-state index in [2.05, 4.69) is 44.5 Å². The van der Waals surface area contributed by atoms with Crippen LogP contribution in [0.3, 0.4) is 0 Å². The van der Waals surface area contributed by atoms with Crippen LogP contribution in [-0.2, 0) is 5.41 Å². The van der Waals surface area contributed by atoms with Crippen LogP contribution in [-0.4, -0.2) is 17.6 Å². The van der Waals surface area contributed by atoms with E-state index in [4.69, 9.17) is 4.98 Å². The van der Waals surface area contributed by atoms with Gasteiger partial charge in [0.05, 0.1) is 10.7 Å². The quantitative estimate of drug-likeness (QED) is 0.790. The Kier molecular flexibility index (Phi) is 2.69. The Balaban J connectivity index is 2.25. The fourth-order valence-corrected chi connectivity index (χ4v) is 2.56. The summed E-state index contributed by atoms with van der Waals surface area (Å²) in [6, 6.07) is 0.486. The minimum atomic E-state index is 0.168. The molecule has 1 aliphatic heterocycles. The molecule has 1 aromatic rings. The lowest BCUT2D eigenvalue weighted by atomic mass is 9.98. The fraction of sp³-hybridized carbons (Fsp3) is 0.583. The molecular formula is C12H18N2S. The number of nitrogens with zero attached hydrogens (tertiary/aromatic N) is 1. The van der Waals surface area contributed by atoms with Crippen molar-refractivity contribution < 1.29 is 0 Å². The predicted octanol–water partition coefficient (Wildman–Crippen LogP) is 2.82. The minimum absolute atomic E-state index is 0.168. The van der Waals surface area contributed by atoms with Crippen molar-refractivity contribution >= 4 is 16.9 Å². The number of rotatable bonds is 1. The number of thiazole rings is 1. The smallest absolute Gasteiger partial charge is 0.0986 e. The first-order valence-corrected chi connectivity index (χ1v) is 6.25. The van der Waals surface area contributed by atoms with Crippen LogP contribution in [0.4, 0.5) is 0 Å². The average molecular weight is 222 g/mol. The molecule has 0 amide bonds. The summed E-state index contributed by atoms with van der Waals surface area (Å²) in [6.07, 6.45) is 2.27. The Morgan fingerprint density at radius 3 is 2.67 bits per heavy atom. The molecule has 82 valence electrons. The van der Waals surface area contributed by atoms with E-state index in [-0.39, 0.29) is 5.41 Å². The van der Waals surface area contributed by atoms with E-state index in [9.17, 15) is 0 Å². The van der Waals surface area contributed by atoms with Crippen LogP contribution in [0.1, 0.15) is 38.4 Å². The van der Waals surface area contributed by atoms with E-state index in [0.717, 1.165) is 12.2 Å². The van der Waals surface area contributed by atoms with E-state index >= 15 is 0 Å². The largest absolute Gasteiger partial charge is 0.307 e. The molecule has 2 nitrogen and oxygen atoms in total. The van der Waals surface area contributed by atoms with Crippen molar-refractivity contribution in [3.05, 3.63) is 22.2 Å². The van der Waals surface area contributed by atoms with Gasteiger partial charge in [0.1, 0.15) is 0 Å². The highest BCUT2D eigenvalue weighted by atomic mass is 32.1. The van der Waals surface area contributed by atoms with Crippen molar-refractivity contribution in [2.75, 3.05) is 6.54 Å². The van der Waals surface area contributed by atoms with E-state index in [0.29, 0.717) is 6.04 Å². The summed E-state index contributed by atoms with van der Waals surface area (Å²) in [5.74, 6) is 0. The average Bonchev–Trinajstić information content (AvgIpc) is 2.69. The van der Waals surface area contributed by atoms with Gasteiger partial charge in [-0.25, -0.2) is 4.98 Å². The molecule has 0 aliphatic carbocycles. The molecule has 1 aliphatic rings. The van der Waals surface area contributed by atoms with Crippen molar-refractivity contribution in [2.24, 2.45) is 0 Å². The third-order valence-corrected chi connectivity index (χ3v) is 3.81. The number of hydrogen-bond acceptors (Lipinski definition) is 3. The lowest BCUT2D eigenvalue weighted by molar-refractivity contribution is 0.585. The highest BCUT2D eigenvalue weighted by molar-refractivity contribution is 7.09. The van der Waals surface area contributed by atoms with Crippen molar-refractivity contribution in [2.45, 2.75) is 39.2 Å². The first-order valence-electron chi connectivity index (χ1n) is 5.37. The predicted molar refractivity (Wildman–Crippen MR) is 66.3 cm³/mol. The standard InChI is InChI=1S/C12H18N2S/c1-8-5-9(6-13-8)10-7-15-11(14-10)12(2,3)4/h5,7-8,13H,6H2,1-4H3. The monoisotopic (exact) mass is 222 g/mol. The van der Waals surface area contributed by atoms with Crippen LogP contribution in [0.15, 0.2) is 11.5 Å². The zero-order chi connectivity index (χ0) is 11.1. The van der Waals surface area contributed by atoms with Gasteiger partial charge in [0, 0.05) is 23.4 Å². The molecule has 15 heavy (non-hydrogen) atoms. The van der Waals surface area contributed by atoms with Gasteiger partial charge < -0.3 is 5.32 Å². The molecule has 2 rings (SSSR count). The molecule has 0 bridgehead atoms. The van der Waals surface area contributed by atoms with E-state index in [1.807, 2.05) is 0 Å². The molecule has 1 atom stereocenters. The summed E-state index contributed by atoms with van der Waals surface area (Å²) >= 11 is 1.76. The third-order valence-electron chi connectivity index (χ3n) is 2.54. The molecule has 1 aromatic heterocycles. The normalized spacial score (nSPS) is 21.9. The Bertz CT molecular complexity index is 385. The molecular weight excluding hydrogens is 204 g/mol. The SMILES string of the molecule is CC1C=C(c2csc(C(C)(C)C)n2)CN1. The highest BCUT2D eigenvalue weighted by Crippen LogP contribution is 2.28. The van der Waals surface area contributed by atoms with Gasteiger partial charge in [0.15, 0.2) is 0 Å². The second-order valence-electron chi connectivity index (χ2n) is 5.15. The Hall–Kier alpha value is -0.670. The molecule has 1 unspecified atom stereocenters. The van der Waals surface area contributed by atoms with Gasteiger partial charge in [-0.2, -0.15) is 0 Å². The van der Waals surface area contributed by atoms with Crippen LogP contribution in [0.2, 0.25) is 0 Å². The Labute approximate surface area is 95.4 Å². The summed E-state index contributed by atoms with van der Waals surface area (Å²) in [5.41, 5.74) is 2.66. The summed E-state index contributed by atoms with van der Waals surface area (Å²) in [6.45, 7) is 9.75. The summed E-state index contributed by atoms with van der Waals surface area (Å²) in [5, 5.41) is 6.78. The first kappa shape index (κ1) is 10.8. The van der Waals surface area contributed by atoms with Crippen molar-refractivity contribution in [1.29, 1.82) is 0 Å². The van der Waals surface area contributed by atoms with Gasteiger partial charge in [0.2, 0.25) is 0 Å². The Morgan fingerprint density at radius 1 is 1.47 bits per heavy atom. The molecule has 0 aromatic carbocycles. The molecule has 2 heterocycles. The van der Waals surface area contributed by atoms with Crippen LogP contribution >= 0.6 is 11.3 Å². The van der Waals surface area contributed by atoms with Gasteiger partial charge in [-0.1, -0.05) is 26.8 Å². The maximum atomic E-state index is 4.71. The van der Waals surface area contributed by atoms with Gasteiger partial charge in [0.25, 0.3) is 0 Å². The number of hydrogen-bond donors (Lipinski definition) is 1. The number of nitrogens with one attached hydrogen (secondary N) is 1. The molecule has 0 fully saturated rings. The van der Waals surface area contributed by atoms with Crippen molar-refractivity contribution in [3.63, 3.8) is 0 Å². The zero-order valence-corrected chi connectivity index (χ0v) is 10.6. The van der Waals surface area contributed by atoms with Crippen molar-refractivity contribution in [3.8, 4) is 0 Å². The Morgan fingerprint density at radius 2 is 2.20 bits per heavy atom. The second kappa shape index (κ2) is 3.72. The van der Waals surface area contributed by atoms with Crippen LogP contribution in [0.5, 0.6) is 0 Å². The number of aromatic nitrogens is 1. The summed E-state index contributed by atoms with van der Waals surface area (Å²) < 4.78 is 0. The molecule has 0 saturated carbocycles. The molecule has 0 saturated heterocycles. The minimum Gasteiger partial charge on any atom is -0.307 e. The van der Waals surface area contributed by atoms with Gasteiger partial charge in [-0.05, 0) is 12.5 Å². The molecule has 0 radical (unpaired) electrons. The zero-order valence-electron chi connectivity index (χ0n) is 9.79. The topological polar surface area (TPSA) is 24.9 Å². The fourth-order valence-electron chi connectivity index (χ4n) is 1.63.